The number of nitrogens with zero attached hydrogens (tertiary/aromatic N) is 1. The average molecular weight is 494 g/mol. The third-order valence-corrected chi connectivity index (χ3v) is 8.82. The molecule has 8 heteroatoms. The normalized spacial score (nSPS) is 27.1. The molecule has 2 aromatic rings. The number of likely N-dealkylation sites (tertiary alicyclic amines) is 1. The minimum atomic E-state index is -0.704. The molecule has 8 nitrogen and oxygen atoms in total. The fraction of sp³-hybridized carbons (Fsp3) is 0.571. The Balaban J connectivity index is 1.39. The molecule has 2 heterocycles. The summed E-state index contributed by atoms with van der Waals surface area (Å²) in [6.07, 6.45) is 2.77. The van der Waals surface area contributed by atoms with Crippen LogP contribution in [0.1, 0.15) is 63.4 Å². The maximum absolute atomic E-state index is 13.7. The van der Waals surface area contributed by atoms with E-state index in [1.54, 1.807) is 25.0 Å². The smallest absolute Gasteiger partial charge is 0.271 e. The van der Waals surface area contributed by atoms with Crippen LogP contribution in [0.25, 0.3) is 10.9 Å². The maximum Gasteiger partial charge on any atom is 0.271 e. The van der Waals surface area contributed by atoms with Crippen LogP contribution in [-0.4, -0.2) is 59.0 Å². The molecule has 2 aliphatic carbocycles. The van der Waals surface area contributed by atoms with Crippen molar-refractivity contribution in [2.75, 3.05) is 13.7 Å². The molecule has 1 aromatic heterocycles. The molecule has 36 heavy (non-hydrogen) atoms. The number of carbonyl (C=O) groups is 4. The van der Waals surface area contributed by atoms with Gasteiger partial charge in [0.05, 0.1) is 13.2 Å². The van der Waals surface area contributed by atoms with Crippen LogP contribution in [0.2, 0.25) is 0 Å². The summed E-state index contributed by atoms with van der Waals surface area (Å²) < 4.78 is 5.43. The quantitative estimate of drug-likeness (QED) is 0.585. The SMILES string of the molecule is CCC(=O)C(CC1CCCC1=O)NC(=O)C1C2C(CN1C(=O)c1cc3c(OC)cccc3[nH]1)C2(C)C. The summed E-state index contributed by atoms with van der Waals surface area (Å²) in [7, 11) is 1.59. The van der Waals surface area contributed by atoms with E-state index in [2.05, 4.69) is 24.1 Å². The summed E-state index contributed by atoms with van der Waals surface area (Å²) in [5.41, 5.74) is 1.15. The first-order chi connectivity index (χ1) is 17.2. The molecule has 2 saturated carbocycles. The van der Waals surface area contributed by atoms with Gasteiger partial charge in [-0.3, -0.25) is 19.2 Å². The summed E-state index contributed by atoms with van der Waals surface area (Å²) in [4.78, 5) is 57.2. The molecule has 0 bridgehead atoms. The number of piperidine rings is 1. The van der Waals surface area contributed by atoms with Gasteiger partial charge in [0.15, 0.2) is 5.78 Å². The van der Waals surface area contributed by atoms with Crippen LogP contribution in [0.5, 0.6) is 5.75 Å². The van der Waals surface area contributed by atoms with E-state index < -0.39 is 12.1 Å². The Labute approximate surface area is 211 Å². The number of fused-ring (bicyclic) bond motifs is 2. The number of aromatic amines is 1. The van der Waals surface area contributed by atoms with Crippen molar-refractivity contribution in [1.29, 1.82) is 0 Å². The van der Waals surface area contributed by atoms with E-state index in [0.717, 1.165) is 23.7 Å². The van der Waals surface area contributed by atoms with E-state index in [0.29, 0.717) is 30.8 Å². The Morgan fingerprint density at radius 2 is 2.06 bits per heavy atom. The van der Waals surface area contributed by atoms with Crippen molar-refractivity contribution in [2.45, 2.75) is 65.0 Å². The Morgan fingerprint density at radius 3 is 2.72 bits per heavy atom. The van der Waals surface area contributed by atoms with Crippen molar-refractivity contribution >= 4 is 34.3 Å². The highest BCUT2D eigenvalue weighted by Gasteiger charge is 2.69. The second-order valence-corrected chi connectivity index (χ2v) is 11.1. The molecule has 3 aliphatic rings. The first-order valence-electron chi connectivity index (χ1n) is 13.0. The molecule has 1 aromatic carbocycles. The molecular weight excluding hydrogens is 458 g/mol. The number of methoxy groups -OCH3 is 1. The van der Waals surface area contributed by atoms with Crippen LogP contribution < -0.4 is 10.1 Å². The van der Waals surface area contributed by atoms with Gasteiger partial charge >= 0.3 is 0 Å². The number of carbonyl (C=O) groups excluding carboxylic acids is 4. The number of amides is 2. The van der Waals surface area contributed by atoms with Crippen molar-refractivity contribution in [1.82, 2.24) is 15.2 Å². The average Bonchev–Trinajstić information content (AvgIpc) is 3.38. The molecule has 5 atom stereocenters. The lowest BCUT2D eigenvalue weighted by Gasteiger charge is -2.31. The van der Waals surface area contributed by atoms with Gasteiger partial charge in [-0.15, -0.1) is 0 Å². The molecular formula is C28H35N3O5. The third-order valence-electron chi connectivity index (χ3n) is 8.82. The summed E-state index contributed by atoms with van der Waals surface area (Å²) in [5, 5.41) is 3.78. The minimum Gasteiger partial charge on any atom is -0.496 e. The van der Waals surface area contributed by atoms with Gasteiger partial charge < -0.3 is 19.9 Å². The van der Waals surface area contributed by atoms with E-state index >= 15 is 0 Å². The Morgan fingerprint density at radius 1 is 1.28 bits per heavy atom. The Hall–Kier alpha value is -3.16. The van der Waals surface area contributed by atoms with Crippen molar-refractivity contribution < 1.29 is 23.9 Å². The van der Waals surface area contributed by atoms with Gasteiger partial charge in [-0.05, 0) is 54.7 Å². The number of H-pyrrole nitrogens is 1. The van der Waals surface area contributed by atoms with E-state index in [1.165, 1.54) is 0 Å². The lowest BCUT2D eigenvalue weighted by atomic mass is 9.93. The summed E-state index contributed by atoms with van der Waals surface area (Å²) in [6.45, 7) is 6.52. The van der Waals surface area contributed by atoms with E-state index in [9.17, 15) is 19.2 Å². The predicted octanol–water partition coefficient (Wildman–Crippen LogP) is 3.50. The van der Waals surface area contributed by atoms with Gasteiger partial charge in [-0.2, -0.15) is 0 Å². The zero-order valence-electron chi connectivity index (χ0n) is 21.4. The highest BCUT2D eigenvalue weighted by molar-refractivity contribution is 6.02. The Kier molecular flexibility index (Phi) is 6.17. The lowest BCUT2D eigenvalue weighted by molar-refractivity contribution is -0.131. The van der Waals surface area contributed by atoms with E-state index in [1.807, 2.05) is 18.2 Å². The van der Waals surface area contributed by atoms with Crippen molar-refractivity contribution in [3.63, 3.8) is 0 Å². The molecule has 1 aliphatic heterocycles. The topological polar surface area (TPSA) is 109 Å². The fourth-order valence-corrected chi connectivity index (χ4v) is 6.57. The standard InChI is InChI=1S/C28H35N3O5/c1-5-21(32)19(12-15-8-6-10-22(15)33)30-26(34)25-24-17(28(24,2)3)14-31(25)27(35)20-13-16-18(29-20)9-7-11-23(16)36-4/h7,9,11,13,15,17,19,24-25,29H,5-6,8,10,12,14H2,1-4H3,(H,30,34). The number of aromatic nitrogens is 1. The third kappa shape index (κ3) is 4.00. The number of ketones is 2. The zero-order chi connectivity index (χ0) is 25.8. The number of hydrogen-bond donors (Lipinski definition) is 2. The molecule has 2 amide bonds. The van der Waals surface area contributed by atoms with Crippen LogP contribution in [0.4, 0.5) is 0 Å². The van der Waals surface area contributed by atoms with Gasteiger partial charge in [-0.25, -0.2) is 0 Å². The second-order valence-electron chi connectivity index (χ2n) is 11.1. The van der Waals surface area contributed by atoms with Gasteiger partial charge in [0.1, 0.15) is 23.3 Å². The van der Waals surface area contributed by atoms with Crippen LogP contribution >= 0.6 is 0 Å². The predicted molar refractivity (Wildman–Crippen MR) is 135 cm³/mol. The molecule has 1 saturated heterocycles. The summed E-state index contributed by atoms with van der Waals surface area (Å²) in [5.74, 6) is 0.317. The molecule has 3 fully saturated rings. The molecule has 5 rings (SSSR count). The van der Waals surface area contributed by atoms with Crippen LogP contribution in [-0.2, 0) is 14.4 Å². The van der Waals surface area contributed by atoms with Crippen LogP contribution in [0, 0.1) is 23.2 Å². The number of benzene rings is 1. The second kappa shape index (κ2) is 9.05. The largest absolute Gasteiger partial charge is 0.496 e. The molecule has 5 unspecified atom stereocenters. The minimum absolute atomic E-state index is 0.0332. The first-order valence-corrected chi connectivity index (χ1v) is 13.0. The number of rotatable bonds is 8. The Bertz CT molecular complexity index is 1230. The number of nitrogens with one attached hydrogen (secondary N) is 2. The molecule has 0 radical (unpaired) electrons. The van der Waals surface area contributed by atoms with E-state index in [4.69, 9.17) is 4.74 Å². The van der Waals surface area contributed by atoms with Crippen LogP contribution in [0.3, 0.4) is 0 Å². The monoisotopic (exact) mass is 493 g/mol. The summed E-state index contributed by atoms with van der Waals surface area (Å²) >= 11 is 0. The lowest BCUT2D eigenvalue weighted by Crippen LogP contribution is -2.54. The van der Waals surface area contributed by atoms with Gasteiger partial charge in [0.2, 0.25) is 5.91 Å². The van der Waals surface area contributed by atoms with Gasteiger partial charge in [0, 0.05) is 36.2 Å². The molecule has 2 N–H and O–H groups in total. The number of Topliss-reactive ketones (excluding diaryl/α,β-unsaturated/α-hetero) is 2. The van der Waals surface area contributed by atoms with E-state index in [-0.39, 0.29) is 53.0 Å². The van der Waals surface area contributed by atoms with Gasteiger partial charge in [0.25, 0.3) is 5.91 Å². The van der Waals surface area contributed by atoms with Crippen molar-refractivity contribution in [3.05, 3.63) is 30.0 Å². The van der Waals surface area contributed by atoms with Crippen LogP contribution in [0.15, 0.2) is 24.3 Å². The van der Waals surface area contributed by atoms with Gasteiger partial charge in [-0.1, -0.05) is 26.8 Å². The fourth-order valence-electron chi connectivity index (χ4n) is 6.57. The van der Waals surface area contributed by atoms with Crippen molar-refractivity contribution in [2.24, 2.45) is 23.2 Å². The molecule has 192 valence electrons. The zero-order valence-corrected chi connectivity index (χ0v) is 21.4. The number of ether oxygens (including phenoxy) is 1. The highest BCUT2D eigenvalue weighted by Crippen LogP contribution is 2.65. The molecule has 0 spiro atoms. The summed E-state index contributed by atoms with van der Waals surface area (Å²) in [6, 6.07) is 6.00. The highest BCUT2D eigenvalue weighted by atomic mass is 16.5. The number of hydrogen-bond acceptors (Lipinski definition) is 5. The van der Waals surface area contributed by atoms with Crippen molar-refractivity contribution in [3.8, 4) is 5.75 Å². The maximum atomic E-state index is 13.7. The first kappa shape index (κ1) is 24.5.